The zero-order chi connectivity index (χ0) is 13.6. The maximum atomic E-state index is 12.1. The van der Waals surface area contributed by atoms with Crippen LogP contribution < -0.4 is 0 Å². The molecule has 100 valence electrons. The van der Waals surface area contributed by atoms with Gasteiger partial charge in [0.1, 0.15) is 0 Å². The monoisotopic (exact) mass is 252 g/mol. The average Bonchev–Trinajstić information content (AvgIpc) is 2.15. The Bertz CT molecular complexity index is 272. The van der Waals surface area contributed by atoms with Crippen molar-refractivity contribution in [1.82, 2.24) is 9.80 Å². The maximum Gasteiger partial charge on any atom is 0.320 e. The van der Waals surface area contributed by atoms with Gasteiger partial charge in [0.15, 0.2) is 0 Å². The molecule has 0 unspecified atom stereocenters. The van der Waals surface area contributed by atoms with Gasteiger partial charge in [0.2, 0.25) is 0 Å². The van der Waals surface area contributed by atoms with Gasteiger partial charge in [0.25, 0.3) is 6.43 Å². The third kappa shape index (κ3) is 6.03. The van der Waals surface area contributed by atoms with Crippen molar-refractivity contribution >= 4 is 12.0 Å². The minimum atomic E-state index is -2.60. The van der Waals surface area contributed by atoms with E-state index in [1.807, 2.05) is 0 Å². The molecule has 0 saturated carbocycles. The Kier molecular flexibility index (Phi) is 6.45. The van der Waals surface area contributed by atoms with Crippen LogP contribution in [-0.4, -0.2) is 59.5 Å². The molecule has 0 aliphatic rings. The smallest absolute Gasteiger partial charge is 0.320 e. The highest BCUT2D eigenvalue weighted by Gasteiger charge is 2.23. The van der Waals surface area contributed by atoms with E-state index in [0.717, 1.165) is 4.90 Å². The topological polar surface area (TPSA) is 60.9 Å². The summed E-state index contributed by atoms with van der Waals surface area (Å²) in [5, 5.41) is 8.54. The van der Waals surface area contributed by atoms with E-state index in [9.17, 15) is 18.4 Å². The summed E-state index contributed by atoms with van der Waals surface area (Å²) in [5.41, 5.74) is 0. The van der Waals surface area contributed by atoms with E-state index < -0.39 is 25.0 Å². The molecular weight excluding hydrogens is 234 g/mol. The molecule has 5 nitrogen and oxygen atoms in total. The Balaban J connectivity index is 4.48. The Hall–Kier alpha value is -1.40. The fraction of sp³-hybridized carbons (Fsp3) is 0.800. The van der Waals surface area contributed by atoms with Crippen molar-refractivity contribution in [1.29, 1.82) is 0 Å². The number of hydrogen-bond donors (Lipinski definition) is 1. The first-order valence-electron chi connectivity index (χ1n) is 5.27. The first-order chi connectivity index (χ1) is 7.75. The van der Waals surface area contributed by atoms with E-state index in [0.29, 0.717) is 0 Å². The molecule has 0 radical (unpaired) electrons. The fourth-order valence-electron chi connectivity index (χ4n) is 1.30. The maximum absolute atomic E-state index is 12.1. The van der Waals surface area contributed by atoms with Gasteiger partial charge < -0.3 is 14.9 Å². The van der Waals surface area contributed by atoms with Crippen molar-refractivity contribution in [3.05, 3.63) is 0 Å². The summed E-state index contributed by atoms with van der Waals surface area (Å²) in [6.45, 7) is 2.76. The summed E-state index contributed by atoms with van der Waals surface area (Å²) in [4.78, 5) is 24.3. The van der Waals surface area contributed by atoms with Gasteiger partial charge in [-0.3, -0.25) is 4.79 Å². The zero-order valence-corrected chi connectivity index (χ0v) is 10.2. The number of carbonyl (C=O) groups is 2. The third-order valence-corrected chi connectivity index (χ3v) is 2.17. The largest absolute Gasteiger partial charge is 0.481 e. The number of halogens is 2. The summed E-state index contributed by atoms with van der Waals surface area (Å²) in [6.07, 6.45) is -2.80. The van der Waals surface area contributed by atoms with Crippen molar-refractivity contribution in [3.8, 4) is 0 Å². The second-order valence-electron chi connectivity index (χ2n) is 3.99. The molecule has 0 rings (SSSR count). The number of alkyl halides is 2. The molecular formula is C10H18F2N2O3. The molecule has 7 heteroatoms. The van der Waals surface area contributed by atoms with Crippen molar-refractivity contribution < 1.29 is 23.5 Å². The zero-order valence-electron chi connectivity index (χ0n) is 10.2. The molecule has 0 spiro atoms. The van der Waals surface area contributed by atoms with E-state index in [4.69, 9.17) is 5.11 Å². The molecule has 0 bridgehead atoms. The predicted molar refractivity (Wildman–Crippen MR) is 58.1 cm³/mol. The molecule has 1 N–H and O–H groups in total. The molecule has 2 amide bonds. The molecule has 0 heterocycles. The molecule has 0 aromatic carbocycles. The van der Waals surface area contributed by atoms with Crippen LogP contribution in [0.3, 0.4) is 0 Å². The Morgan fingerprint density at radius 2 is 1.82 bits per heavy atom. The lowest BCUT2D eigenvalue weighted by atomic mass is 10.3. The normalized spacial score (nSPS) is 10.8. The molecule has 0 aliphatic heterocycles. The number of carboxylic acid groups (broad SMARTS) is 1. The number of hydrogen-bond acceptors (Lipinski definition) is 2. The van der Waals surface area contributed by atoms with Gasteiger partial charge in [-0.05, 0) is 13.8 Å². The number of amides is 2. The van der Waals surface area contributed by atoms with Crippen molar-refractivity contribution in [2.24, 2.45) is 0 Å². The highest BCUT2D eigenvalue weighted by atomic mass is 19.3. The first-order valence-corrected chi connectivity index (χ1v) is 5.27. The van der Waals surface area contributed by atoms with Crippen LogP contribution in [0.4, 0.5) is 13.6 Å². The van der Waals surface area contributed by atoms with Gasteiger partial charge in [-0.15, -0.1) is 0 Å². The lowest BCUT2D eigenvalue weighted by Crippen LogP contribution is -2.47. The van der Waals surface area contributed by atoms with Gasteiger partial charge in [0, 0.05) is 19.6 Å². The van der Waals surface area contributed by atoms with Crippen molar-refractivity contribution in [3.63, 3.8) is 0 Å². The summed E-state index contributed by atoms with van der Waals surface area (Å²) in [5.74, 6) is -1.03. The molecule has 0 aliphatic carbocycles. The summed E-state index contributed by atoms with van der Waals surface area (Å²) >= 11 is 0. The lowest BCUT2D eigenvalue weighted by molar-refractivity contribution is -0.137. The second-order valence-corrected chi connectivity index (χ2v) is 3.99. The van der Waals surface area contributed by atoms with Gasteiger partial charge in [-0.25, -0.2) is 13.6 Å². The van der Waals surface area contributed by atoms with Crippen LogP contribution in [0.15, 0.2) is 0 Å². The van der Waals surface area contributed by atoms with Crippen LogP contribution >= 0.6 is 0 Å². The number of carboxylic acids is 1. The van der Waals surface area contributed by atoms with Crippen LogP contribution in [0.2, 0.25) is 0 Å². The van der Waals surface area contributed by atoms with Crippen LogP contribution in [0.5, 0.6) is 0 Å². The van der Waals surface area contributed by atoms with E-state index >= 15 is 0 Å². The molecule has 0 aromatic heterocycles. The molecule has 17 heavy (non-hydrogen) atoms. The fourth-order valence-corrected chi connectivity index (χ4v) is 1.30. The standard InChI is InChI=1S/C10H18F2N2O3/c1-7(2)14(5-4-9(15)16)10(17)13(3)6-8(11)12/h7-8H,4-6H2,1-3H3,(H,15,16). The Morgan fingerprint density at radius 3 is 2.18 bits per heavy atom. The quantitative estimate of drug-likeness (QED) is 0.779. The van der Waals surface area contributed by atoms with E-state index in [-0.39, 0.29) is 19.0 Å². The first kappa shape index (κ1) is 15.6. The summed E-state index contributed by atoms with van der Waals surface area (Å²) < 4.78 is 24.2. The van der Waals surface area contributed by atoms with Gasteiger partial charge >= 0.3 is 12.0 Å². The van der Waals surface area contributed by atoms with Crippen LogP contribution in [0.25, 0.3) is 0 Å². The highest BCUT2D eigenvalue weighted by Crippen LogP contribution is 2.06. The van der Waals surface area contributed by atoms with Crippen LogP contribution in [0.1, 0.15) is 20.3 Å². The summed E-state index contributed by atoms with van der Waals surface area (Å²) in [7, 11) is 1.27. The van der Waals surface area contributed by atoms with Crippen molar-refractivity contribution in [2.45, 2.75) is 32.7 Å². The Morgan fingerprint density at radius 1 is 1.29 bits per heavy atom. The van der Waals surface area contributed by atoms with Gasteiger partial charge in [-0.1, -0.05) is 0 Å². The molecule has 0 aromatic rings. The molecule has 0 fully saturated rings. The predicted octanol–water partition coefficient (Wildman–Crippen LogP) is 1.49. The van der Waals surface area contributed by atoms with E-state index in [1.165, 1.54) is 11.9 Å². The molecule has 0 saturated heterocycles. The SMILES string of the molecule is CC(C)N(CCC(=O)O)C(=O)N(C)CC(F)F. The van der Waals surface area contributed by atoms with E-state index in [1.54, 1.807) is 13.8 Å². The third-order valence-electron chi connectivity index (χ3n) is 2.17. The minimum absolute atomic E-state index is 0.0133. The Labute approximate surface area is 99.0 Å². The van der Waals surface area contributed by atoms with Crippen LogP contribution in [-0.2, 0) is 4.79 Å². The lowest BCUT2D eigenvalue weighted by Gasteiger charge is -2.30. The average molecular weight is 252 g/mol. The summed E-state index contributed by atoms with van der Waals surface area (Å²) in [6, 6.07) is -0.816. The number of nitrogens with zero attached hydrogens (tertiary/aromatic N) is 2. The highest BCUT2D eigenvalue weighted by molar-refractivity contribution is 5.75. The van der Waals surface area contributed by atoms with E-state index in [2.05, 4.69) is 0 Å². The number of carbonyl (C=O) groups excluding carboxylic acids is 1. The number of rotatable bonds is 6. The van der Waals surface area contributed by atoms with Crippen LogP contribution in [0, 0.1) is 0 Å². The minimum Gasteiger partial charge on any atom is -0.481 e. The van der Waals surface area contributed by atoms with Crippen molar-refractivity contribution in [2.75, 3.05) is 20.1 Å². The number of urea groups is 1. The van der Waals surface area contributed by atoms with Gasteiger partial charge in [0.05, 0.1) is 13.0 Å². The molecule has 0 atom stereocenters. The van der Waals surface area contributed by atoms with Gasteiger partial charge in [-0.2, -0.15) is 0 Å². The number of aliphatic carboxylic acids is 1. The second kappa shape index (κ2) is 7.03.